The quantitative estimate of drug-likeness (QED) is 0.180. The summed E-state index contributed by atoms with van der Waals surface area (Å²) in [6, 6.07) is 65.5. The molecule has 1 aliphatic carbocycles. The smallest absolute Gasteiger partial charge is 0.161 e. The topological polar surface area (TPSA) is 25.8 Å². The molecule has 246 valence electrons. The first-order valence-corrected chi connectivity index (χ1v) is 18.8. The summed E-state index contributed by atoms with van der Waals surface area (Å²) >= 11 is 1.73. The molecule has 10 aromatic rings. The predicted octanol–water partition coefficient (Wildman–Crippen LogP) is 14.0. The van der Waals surface area contributed by atoms with Gasteiger partial charge < -0.3 is 0 Å². The van der Waals surface area contributed by atoms with E-state index in [4.69, 9.17) is 9.97 Å². The molecule has 53 heavy (non-hydrogen) atoms. The maximum absolute atomic E-state index is 5.37. The van der Waals surface area contributed by atoms with Crippen LogP contribution >= 0.6 is 11.3 Å². The van der Waals surface area contributed by atoms with Gasteiger partial charge in [0, 0.05) is 26.6 Å². The van der Waals surface area contributed by atoms with E-state index in [2.05, 4.69) is 182 Å². The average Bonchev–Trinajstić information content (AvgIpc) is 3.78. The first-order chi connectivity index (χ1) is 26.3. The van der Waals surface area contributed by atoms with E-state index in [0.29, 0.717) is 0 Å². The van der Waals surface area contributed by atoms with Crippen molar-refractivity contribution in [3.05, 3.63) is 182 Å². The Morgan fingerprint density at radius 2 is 0.849 bits per heavy atom. The molecule has 2 aromatic heterocycles. The molecule has 2 heterocycles. The van der Waals surface area contributed by atoms with Crippen molar-refractivity contribution in [2.24, 2.45) is 0 Å². The van der Waals surface area contributed by atoms with Gasteiger partial charge in [0.25, 0.3) is 0 Å². The highest BCUT2D eigenvalue weighted by Crippen LogP contribution is 2.49. The van der Waals surface area contributed by atoms with Gasteiger partial charge in [-0.3, -0.25) is 0 Å². The van der Waals surface area contributed by atoms with Crippen molar-refractivity contribution in [1.29, 1.82) is 0 Å². The number of aromatic nitrogens is 2. The largest absolute Gasteiger partial charge is 0.227 e. The number of rotatable bonds is 5. The maximum Gasteiger partial charge on any atom is 0.161 e. The van der Waals surface area contributed by atoms with Crippen molar-refractivity contribution in [3.63, 3.8) is 0 Å². The molecule has 0 saturated carbocycles. The third-order valence-corrected chi connectivity index (χ3v) is 11.7. The van der Waals surface area contributed by atoms with Crippen LogP contribution < -0.4 is 0 Å². The lowest BCUT2D eigenvalue weighted by Crippen LogP contribution is -1.94. The first-order valence-electron chi connectivity index (χ1n) is 18.0. The Kier molecular flexibility index (Phi) is 6.76. The number of hydrogen-bond acceptors (Lipinski definition) is 3. The molecule has 0 spiro atoms. The van der Waals surface area contributed by atoms with Crippen molar-refractivity contribution in [2.75, 3.05) is 0 Å². The van der Waals surface area contributed by atoms with Gasteiger partial charge in [0.1, 0.15) is 4.83 Å². The summed E-state index contributed by atoms with van der Waals surface area (Å²) in [6.45, 7) is 0. The van der Waals surface area contributed by atoms with E-state index < -0.39 is 0 Å². The van der Waals surface area contributed by atoms with E-state index in [-0.39, 0.29) is 0 Å². The summed E-state index contributed by atoms with van der Waals surface area (Å²) < 4.78 is 1.21. The van der Waals surface area contributed by atoms with Crippen molar-refractivity contribution in [1.82, 2.24) is 9.97 Å². The zero-order valence-electron chi connectivity index (χ0n) is 28.6. The fourth-order valence-corrected chi connectivity index (χ4v) is 9.28. The van der Waals surface area contributed by atoms with Gasteiger partial charge in [0.05, 0.1) is 5.69 Å². The van der Waals surface area contributed by atoms with Gasteiger partial charge in [0.2, 0.25) is 0 Å². The van der Waals surface area contributed by atoms with Gasteiger partial charge in [-0.15, -0.1) is 11.3 Å². The van der Waals surface area contributed by atoms with Crippen LogP contribution in [-0.4, -0.2) is 9.97 Å². The van der Waals surface area contributed by atoms with E-state index >= 15 is 0 Å². The van der Waals surface area contributed by atoms with Crippen LogP contribution in [0.25, 0.3) is 109 Å². The fraction of sp³-hybridized carbons (Fsp3) is 0. The fourth-order valence-electron chi connectivity index (χ4n) is 8.20. The van der Waals surface area contributed by atoms with Gasteiger partial charge in [-0.1, -0.05) is 158 Å². The minimum atomic E-state index is 0.731. The molecule has 3 heteroatoms. The van der Waals surface area contributed by atoms with Gasteiger partial charge in [-0.25, -0.2) is 9.97 Å². The summed E-state index contributed by atoms with van der Waals surface area (Å²) in [5.41, 5.74) is 15.4. The SMILES string of the molecule is c1ccc(-c2cccc(-c3nc(-c4cccc(-c5cccc(-c6ccc7c8c(cccc68)-c6ccccc6-7)c5)c4)nc4sc5ccccc5c34)c2)cc1. The van der Waals surface area contributed by atoms with Crippen LogP contribution in [0.3, 0.4) is 0 Å². The Labute approximate surface area is 311 Å². The number of nitrogens with zero attached hydrogens (tertiary/aromatic N) is 2. The van der Waals surface area contributed by atoms with Gasteiger partial charge in [0.15, 0.2) is 5.82 Å². The van der Waals surface area contributed by atoms with Gasteiger partial charge >= 0.3 is 0 Å². The summed E-state index contributed by atoms with van der Waals surface area (Å²) in [4.78, 5) is 11.6. The highest BCUT2D eigenvalue weighted by Gasteiger charge is 2.22. The summed E-state index contributed by atoms with van der Waals surface area (Å²) in [6.07, 6.45) is 0. The lowest BCUT2D eigenvalue weighted by molar-refractivity contribution is 1.24. The number of thiophene rings is 1. The molecule has 0 saturated heterocycles. The summed E-state index contributed by atoms with van der Waals surface area (Å²) in [7, 11) is 0. The molecule has 8 aromatic carbocycles. The molecule has 0 bridgehead atoms. The molecule has 2 nitrogen and oxygen atoms in total. The minimum absolute atomic E-state index is 0.731. The number of fused-ring (bicyclic) bond motifs is 6. The Morgan fingerprint density at radius 1 is 0.321 bits per heavy atom. The van der Waals surface area contributed by atoms with Crippen LogP contribution in [0.4, 0.5) is 0 Å². The zero-order valence-corrected chi connectivity index (χ0v) is 29.4. The molecular weight excluding hydrogens is 661 g/mol. The van der Waals surface area contributed by atoms with Crippen LogP contribution in [0.5, 0.6) is 0 Å². The van der Waals surface area contributed by atoms with Crippen LogP contribution in [0.2, 0.25) is 0 Å². The lowest BCUT2D eigenvalue weighted by Gasteiger charge is -2.12. The molecule has 11 rings (SSSR count). The Bertz CT molecular complexity index is 3040. The molecule has 0 amide bonds. The van der Waals surface area contributed by atoms with Crippen LogP contribution in [0, 0.1) is 0 Å². The molecule has 1 aliphatic rings. The number of benzene rings is 8. The second-order valence-corrected chi connectivity index (χ2v) is 14.7. The highest BCUT2D eigenvalue weighted by molar-refractivity contribution is 7.25. The minimum Gasteiger partial charge on any atom is -0.227 e. The molecular formula is C50H30N2S. The van der Waals surface area contributed by atoms with Crippen molar-refractivity contribution in [3.8, 4) is 78.3 Å². The summed E-state index contributed by atoms with van der Waals surface area (Å²) in [5.74, 6) is 0.731. The molecule has 0 fully saturated rings. The summed E-state index contributed by atoms with van der Waals surface area (Å²) in [5, 5.41) is 4.93. The highest BCUT2D eigenvalue weighted by atomic mass is 32.1. The number of hydrogen-bond donors (Lipinski definition) is 0. The Morgan fingerprint density at radius 3 is 1.66 bits per heavy atom. The van der Waals surface area contributed by atoms with E-state index in [1.54, 1.807) is 11.3 Å². The predicted molar refractivity (Wildman–Crippen MR) is 224 cm³/mol. The normalized spacial score (nSPS) is 11.8. The Hall–Kier alpha value is -6.68. The zero-order chi connectivity index (χ0) is 34.9. The van der Waals surface area contributed by atoms with Crippen LogP contribution in [-0.2, 0) is 0 Å². The van der Waals surface area contributed by atoms with Crippen molar-refractivity contribution in [2.45, 2.75) is 0 Å². The van der Waals surface area contributed by atoms with Gasteiger partial charge in [-0.2, -0.15) is 0 Å². The third kappa shape index (κ3) is 4.86. The van der Waals surface area contributed by atoms with Crippen molar-refractivity contribution >= 4 is 42.4 Å². The monoisotopic (exact) mass is 690 g/mol. The maximum atomic E-state index is 5.37. The van der Waals surface area contributed by atoms with Gasteiger partial charge in [-0.05, 0) is 90.7 Å². The molecule has 0 atom stereocenters. The van der Waals surface area contributed by atoms with E-state index in [1.165, 1.54) is 65.4 Å². The van der Waals surface area contributed by atoms with E-state index in [1.807, 2.05) is 0 Å². The molecule has 0 aliphatic heterocycles. The third-order valence-electron chi connectivity index (χ3n) is 10.7. The average molecular weight is 691 g/mol. The van der Waals surface area contributed by atoms with Crippen LogP contribution in [0.1, 0.15) is 0 Å². The molecule has 0 N–H and O–H groups in total. The molecule has 0 radical (unpaired) electrons. The standard InChI is InChI=1S/C50H30N2S/c1-2-12-31(13-3-1)32-14-9-18-36(29-32)48-47-44-22-6-7-25-45(44)53-50(47)52-49(51-48)37-19-10-16-34(30-37)33-15-8-17-35(28-33)38-26-27-43-40-21-5-4-20-39(40)42-24-11-23-41(38)46(42)43/h1-30H. The first kappa shape index (κ1) is 30.0. The lowest BCUT2D eigenvalue weighted by atomic mass is 9.92. The van der Waals surface area contributed by atoms with E-state index in [0.717, 1.165) is 44.0 Å². The second-order valence-electron chi connectivity index (χ2n) is 13.7. The second kappa shape index (κ2) is 11.9. The Balaban J connectivity index is 1.03. The van der Waals surface area contributed by atoms with Crippen molar-refractivity contribution < 1.29 is 0 Å². The van der Waals surface area contributed by atoms with E-state index in [9.17, 15) is 0 Å². The molecule has 0 unspecified atom stereocenters. The van der Waals surface area contributed by atoms with Crippen LogP contribution in [0.15, 0.2) is 182 Å².